The number of hydrogen-bond donors (Lipinski definition) is 2. The van der Waals surface area contributed by atoms with Gasteiger partial charge < -0.3 is 10.1 Å². The maximum atomic E-state index is 13.2. The molecule has 2 heterocycles. The van der Waals surface area contributed by atoms with Crippen LogP contribution in [0.25, 0.3) is 16.8 Å². The zero-order valence-electron chi connectivity index (χ0n) is 23.4. The number of Topliss-reactive ketones (excluding diaryl/α,β-unsaturated/α-hetero) is 1. The summed E-state index contributed by atoms with van der Waals surface area (Å²) in [7, 11) is 0. The molecule has 8 heteroatoms. The Morgan fingerprint density at radius 2 is 1.72 bits per heavy atom. The minimum absolute atomic E-state index is 0.0296. The van der Waals surface area contributed by atoms with Crippen molar-refractivity contribution in [1.29, 1.82) is 0 Å². The minimum atomic E-state index is -0.820. The monoisotopic (exact) mass is 533 g/mol. The molecule has 1 saturated heterocycles. The first-order valence-corrected chi connectivity index (χ1v) is 13.9. The lowest BCUT2D eigenvalue weighted by Gasteiger charge is -2.35. The summed E-state index contributed by atoms with van der Waals surface area (Å²) in [5, 5.41) is 6.25. The molecule has 0 aliphatic carbocycles. The van der Waals surface area contributed by atoms with Gasteiger partial charge in [-0.1, -0.05) is 57.2 Å². The van der Waals surface area contributed by atoms with E-state index in [0.29, 0.717) is 19.4 Å². The molecule has 2 aliphatic rings. The van der Waals surface area contributed by atoms with E-state index in [1.807, 2.05) is 76.2 Å². The lowest BCUT2D eigenvalue weighted by atomic mass is 9.86. The number of ketones is 1. The Morgan fingerprint density at radius 3 is 2.46 bits per heavy atom. The van der Waals surface area contributed by atoms with Crippen LogP contribution in [0.2, 0.25) is 0 Å². The maximum absolute atomic E-state index is 13.2. The molecule has 0 unspecified atom stereocenters. The minimum Gasteiger partial charge on any atom is -0.457 e. The Labute approximate surface area is 230 Å². The second-order valence-corrected chi connectivity index (χ2v) is 11.2. The van der Waals surface area contributed by atoms with Gasteiger partial charge >= 0.3 is 5.97 Å². The number of amides is 2. The quantitative estimate of drug-likeness (QED) is 0.529. The highest BCUT2D eigenvalue weighted by atomic mass is 16.5. The van der Waals surface area contributed by atoms with Crippen LogP contribution in [0.1, 0.15) is 71.1 Å². The molecule has 2 aliphatic heterocycles. The molecule has 8 nitrogen and oxygen atoms in total. The molecule has 4 rings (SSSR count). The average molecular weight is 534 g/mol. The maximum Gasteiger partial charge on any atom is 0.325 e. The Hall–Kier alpha value is -3.52. The van der Waals surface area contributed by atoms with Crippen LogP contribution in [0, 0.1) is 17.8 Å². The average Bonchev–Trinajstić information content (AvgIpc) is 2.92. The second kappa shape index (κ2) is 12.1. The van der Waals surface area contributed by atoms with Crippen LogP contribution >= 0.6 is 0 Å². The predicted molar refractivity (Wildman–Crippen MR) is 150 cm³/mol. The van der Waals surface area contributed by atoms with E-state index in [-0.39, 0.29) is 35.9 Å². The number of cyclic esters (lactones) is 1. The molecule has 2 aromatic carbocycles. The van der Waals surface area contributed by atoms with Gasteiger partial charge in [-0.05, 0) is 66.6 Å². The van der Waals surface area contributed by atoms with Crippen molar-refractivity contribution >= 4 is 40.4 Å². The van der Waals surface area contributed by atoms with Crippen molar-refractivity contribution in [1.82, 2.24) is 15.8 Å². The Balaban J connectivity index is 1.67. The fourth-order valence-electron chi connectivity index (χ4n) is 5.09. The predicted octanol–water partition coefficient (Wildman–Crippen LogP) is 4.34. The third-order valence-electron chi connectivity index (χ3n) is 7.76. The summed E-state index contributed by atoms with van der Waals surface area (Å²) >= 11 is 0. The third-order valence-corrected chi connectivity index (χ3v) is 7.76. The van der Waals surface area contributed by atoms with Gasteiger partial charge in [-0.25, -0.2) is 5.43 Å². The first-order valence-electron chi connectivity index (χ1n) is 13.9. The first-order chi connectivity index (χ1) is 18.5. The number of nitrogens with zero attached hydrogens (tertiary/aromatic N) is 1. The van der Waals surface area contributed by atoms with Gasteiger partial charge in [0.1, 0.15) is 24.0 Å². The number of benzene rings is 2. The summed E-state index contributed by atoms with van der Waals surface area (Å²) in [4.78, 5) is 52.5. The number of allylic oxidation sites excluding steroid dienone is 1. The standard InChI is InChI=1S/C31H39N3O5/c1-18(2)26-17-28(35)19(3)8-9-22-10-11-23-12-13-24(16-25(23)15-22)21(5)39-31(38)27-7-6-14-34(33-27)30(37)20(4)32-29(26)36/h8-13,15-16,18-21,26-27,33H,6-7,14,17H2,1-5H3,(H,32,36)/b9-8+/t19-,20+,21-,26+,27+/m1/s1. The van der Waals surface area contributed by atoms with Gasteiger partial charge in [-0.2, -0.15) is 0 Å². The second-order valence-electron chi connectivity index (χ2n) is 11.2. The van der Waals surface area contributed by atoms with Crippen molar-refractivity contribution in [2.75, 3.05) is 6.54 Å². The molecule has 208 valence electrons. The molecule has 2 N–H and O–H groups in total. The van der Waals surface area contributed by atoms with E-state index in [1.54, 1.807) is 6.92 Å². The van der Waals surface area contributed by atoms with E-state index in [4.69, 9.17) is 4.74 Å². The fraction of sp³-hybridized carbons (Fsp3) is 0.484. The van der Waals surface area contributed by atoms with Crippen LogP contribution in [0.3, 0.4) is 0 Å². The molecule has 5 atom stereocenters. The van der Waals surface area contributed by atoms with E-state index >= 15 is 0 Å². The number of carbonyl (C=O) groups is 4. The van der Waals surface area contributed by atoms with Gasteiger partial charge in [0.15, 0.2) is 0 Å². The molecule has 1 fully saturated rings. The summed E-state index contributed by atoms with van der Waals surface area (Å²) < 4.78 is 5.80. The third kappa shape index (κ3) is 6.74. The van der Waals surface area contributed by atoms with E-state index in [0.717, 1.165) is 21.9 Å². The smallest absolute Gasteiger partial charge is 0.325 e. The van der Waals surface area contributed by atoms with Crippen LogP contribution in [-0.4, -0.2) is 47.2 Å². The largest absolute Gasteiger partial charge is 0.457 e. The molecule has 0 spiro atoms. The van der Waals surface area contributed by atoms with Crippen molar-refractivity contribution < 1.29 is 23.9 Å². The van der Waals surface area contributed by atoms with Crippen molar-refractivity contribution in [2.24, 2.45) is 17.8 Å². The van der Waals surface area contributed by atoms with E-state index in [9.17, 15) is 19.2 Å². The molecular weight excluding hydrogens is 494 g/mol. The first kappa shape index (κ1) is 28.5. The number of hydrazine groups is 1. The van der Waals surface area contributed by atoms with Crippen LogP contribution in [0.5, 0.6) is 0 Å². The molecule has 39 heavy (non-hydrogen) atoms. The van der Waals surface area contributed by atoms with Crippen molar-refractivity contribution in [3.63, 3.8) is 0 Å². The zero-order valence-corrected chi connectivity index (χ0v) is 23.4. The van der Waals surface area contributed by atoms with Crippen molar-refractivity contribution in [3.05, 3.63) is 53.6 Å². The van der Waals surface area contributed by atoms with Gasteiger partial charge in [-0.15, -0.1) is 0 Å². The highest BCUT2D eigenvalue weighted by Gasteiger charge is 2.34. The number of ether oxygens (including phenoxy) is 1. The van der Waals surface area contributed by atoms with Crippen molar-refractivity contribution in [2.45, 2.75) is 72.1 Å². The number of fused-ring (bicyclic) bond motifs is 4. The van der Waals surface area contributed by atoms with Crippen LogP contribution in [0.4, 0.5) is 0 Å². The molecular formula is C31H39N3O5. The molecule has 2 aromatic rings. The summed E-state index contributed by atoms with van der Waals surface area (Å²) in [6, 6.07) is 10.5. The Morgan fingerprint density at radius 1 is 0.974 bits per heavy atom. The summed E-state index contributed by atoms with van der Waals surface area (Å²) in [6.45, 7) is 9.51. The van der Waals surface area contributed by atoms with Crippen molar-refractivity contribution in [3.8, 4) is 0 Å². The molecule has 0 radical (unpaired) electrons. The number of esters is 1. The highest BCUT2D eigenvalue weighted by molar-refractivity contribution is 5.92. The van der Waals surface area contributed by atoms with Gasteiger partial charge in [-0.3, -0.25) is 24.2 Å². The van der Waals surface area contributed by atoms with E-state index in [1.165, 1.54) is 5.01 Å². The fourth-order valence-corrected chi connectivity index (χ4v) is 5.09. The molecule has 5 bridgehead atoms. The van der Waals surface area contributed by atoms with Crippen LogP contribution in [0.15, 0.2) is 42.5 Å². The van der Waals surface area contributed by atoms with E-state index < -0.39 is 30.1 Å². The van der Waals surface area contributed by atoms with Crippen LogP contribution < -0.4 is 10.7 Å². The SMILES string of the molecule is CC(C)[C@@H]1CC(=O)[C@H](C)/C=C/c2ccc3ccc(cc3c2)[C@@H](C)OC(=O)[C@@H]2CCCN(N2)C(=O)[C@H](C)NC1=O. The molecule has 2 amide bonds. The summed E-state index contributed by atoms with van der Waals surface area (Å²) in [5.74, 6) is -2.14. The Kier molecular flexibility index (Phi) is 8.85. The van der Waals surface area contributed by atoms with E-state index in [2.05, 4.69) is 10.7 Å². The van der Waals surface area contributed by atoms with Gasteiger partial charge in [0.05, 0.1) is 0 Å². The lowest BCUT2D eigenvalue weighted by molar-refractivity contribution is -0.157. The number of nitrogens with one attached hydrogen (secondary N) is 2. The topological polar surface area (TPSA) is 105 Å². The Bertz CT molecular complexity index is 1290. The van der Waals surface area contributed by atoms with Gasteiger partial charge in [0.25, 0.3) is 5.91 Å². The number of rotatable bonds is 1. The van der Waals surface area contributed by atoms with Gasteiger partial charge in [0, 0.05) is 24.8 Å². The highest BCUT2D eigenvalue weighted by Crippen LogP contribution is 2.26. The van der Waals surface area contributed by atoms with Crippen LogP contribution in [-0.2, 0) is 23.9 Å². The van der Waals surface area contributed by atoms with Gasteiger partial charge in [0.2, 0.25) is 5.91 Å². The normalized spacial score (nSPS) is 28.4. The molecule has 0 saturated carbocycles. The zero-order chi connectivity index (χ0) is 28.3. The molecule has 0 aromatic heterocycles. The summed E-state index contributed by atoms with van der Waals surface area (Å²) in [5.41, 5.74) is 4.82. The lowest BCUT2D eigenvalue weighted by Crippen LogP contribution is -2.59. The number of hydrogen-bond acceptors (Lipinski definition) is 6. The summed E-state index contributed by atoms with van der Waals surface area (Å²) in [6.07, 6.45) is 4.56. The number of carbonyl (C=O) groups excluding carboxylic acids is 4.